The maximum absolute atomic E-state index is 6.32. The van der Waals surface area contributed by atoms with Gasteiger partial charge >= 0.3 is 0 Å². The van der Waals surface area contributed by atoms with Gasteiger partial charge in [0.1, 0.15) is 0 Å². The van der Waals surface area contributed by atoms with Crippen molar-refractivity contribution in [1.29, 1.82) is 0 Å². The molecule has 1 aromatic carbocycles. The van der Waals surface area contributed by atoms with E-state index in [4.69, 9.17) is 5.73 Å². The SMILES string of the molecule is Nc1c(N2CCCCCC2)ccc2ncccc12. The van der Waals surface area contributed by atoms with Crippen LogP contribution in [0, 0.1) is 0 Å². The summed E-state index contributed by atoms with van der Waals surface area (Å²) in [7, 11) is 0. The first-order valence-corrected chi connectivity index (χ1v) is 6.74. The molecule has 0 radical (unpaired) electrons. The minimum Gasteiger partial charge on any atom is -0.396 e. The molecule has 18 heavy (non-hydrogen) atoms. The number of pyridine rings is 1. The second kappa shape index (κ2) is 4.84. The predicted octanol–water partition coefficient (Wildman–Crippen LogP) is 3.20. The fourth-order valence-electron chi connectivity index (χ4n) is 2.75. The molecule has 1 fully saturated rings. The van der Waals surface area contributed by atoms with Crippen LogP contribution in [0.3, 0.4) is 0 Å². The van der Waals surface area contributed by atoms with Crippen LogP contribution in [0.5, 0.6) is 0 Å². The van der Waals surface area contributed by atoms with Crippen molar-refractivity contribution in [1.82, 2.24) is 4.98 Å². The molecule has 1 aromatic heterocycles. The summed E-state index contributed by atoms with van der Waals surface area (Å²) in [5.74, 6) is 0. The van der Waals surface area contributed by atoms with Crippen LogP contribution in [0.25, 0.3) is 10.9 Å². The third kappa shape index (κ3) is 2.01. The smallest absolute Gasteiger partial charge is 0.0724 e. The van der Waals surface area contributed by atoms with Crippen LogP contribution >= 0.6 is 0 Å². The topological polar surface area (TPSA) is 42.1 Å². The second-order valence-corrected chi connectivity index (χ2v) is 4.97. The van der Waals surface area contributed by atoms with Crippen molar-refractivity contribution < 1.29 is 0 Å². The lowest BCUT2D eigenvalue weighted by Crippen LogP contribution is -2.24. The molecule has 3 heteroatoms. The molecule has 3 rings (SSSR count). The van der Waals surface area contributed by atoms with E-state index < -0.39 is 0 Å². The maximum atomic E-state index is 6.32. The first-order chi connectivity index (χ1) is 8.86. The summed E-state index contributed by atoms with van der Waals surface area (Å²) in [4.78, 5) is 6.77. The Kier molecular flexibility index (Phi) is 3.05. The molecule has 0 atom stereocenters. The van der Waals surface area contributed by atoms with Crippen LogP contribution in [-0.4, -0.2) is 18.1 Å². The van der Waals surface area contributed by atoms with E-state index in [1.807, 2.05) is 12.3 Å². The molecule has 0 bridgehead atoms. The monoisotopic (exact) mass is 241 g/mol. The normalized spacial score (nSPS) is 16.8. The van der Waals surface area contributed by atoms with Crippen molar-refractivity contribution in [3.63, 3.8) is 0 Å². The number of hydrogen-bond donors (Lipinski definition) is 1. The van der Waals surface area contributed by atoms with Crippen molar-refractivity contribution >= 4 is 22.3 Å². The first kappa shape index (κ1) is 11.3. The Bertz CT molecular complexity index is 542. The Labute approximate surface area is 108 Å². The van der Waals surface area contributed by atoms with Crippen molar-refractivity contribution in [2.24, 2.45) is 0 Å². The van der Waals surface area contributed by atoms with Gasteiger partial charge in [-0.3, -0.25) is 4.98 Å². The molecule has 0 aliphatic carbocycles. The fourth-order valence-corrected chi connectivity index (χ4v) is 2.75. The summed E-state index contributed by atoms with van der Waals surface area (Å²) in [5.41, 5.74) is 9.35. The molecule has 1 saturated heterocycles. The summed E-state index contributed by atoms with van der Waals surface area (Å²) in [6.45, 7) is 2.24. The van der Waals surface area contributed by atoms with E-state index in [0.29, 0.717) is 0 Å². The second-order valence-electron chi connectivity index (χ2n) is 4.97. The lowest BCUT2D eigenvalue weighted by Gasteiger charge is -2.24. The minimum absolute atomic E-state index is 0.877. The maximum Gasteiger partial charge on any atom is 0.0724 e. The van der Waals surface area contributed by atoms with E-state index in [1.54, 1.807) is 0 Å². The van der Waals surface area contributed by atoms with Gasteiger partial charge in [0.05, 0.1) is 16.9 Å². The van der Waals surface area contributed by atoms with Crippen LogP contribution in [0.1, 0.15) is 25.7 Å². The van der Waals surface area contributed by atoms with Gasteiger partial charge in [0.2, 0.25) is 0 Å². The molecule has 2 aromatic rings. The summed E-state index contributed by atoms with van der Waals surface area (Å²) in [6.07, 6.45) is 7.03. The van der Waals surface area contributed by atoms with Crippen molar-refractivity contribution in [2.75, 3.05) is 23.7 Å². The zero-order valence-electron chi connectivity index (χ0n) is 10.6. The largest absolute Gasteiger partial charge is 0.396 e. The van der Waals surface area contributed by atoms with Gasteiger partial charge in [-0.25, -0.2) is 0 Å². The number of benzene rings is 1. The van der Waals surface area contributed by atoms with Gasteiger partial charge in [-0.05, 0) is 37.1 Å². The Morgan fingerprint density at radius 3 is 2.56 bits per heavy atom. The number of nitrogen functional groups attached to an aromatic ring is 1. The molecule has 0 amide bonds. The van der Waals surface area contributed by atoms with E-state index in [0.717, 1.165) is 29.7 Å². The highest BCUT2D eigenvalue weighted by Gasteiger charge is 2.14. The van der Waals surface area contributed by atoms with Gasteiger partial charge in [-0.2, -0.15) is 0 Å². The lowest BCUT2D eigenvalue weighted by molar-refractivity contribution is 0.726. The number of anilines is 2. The molecule has 94 valence electrons. The van der Waals surface area contributed by atoms with Gasteiger partial charge in [-0.15, -0.1) is 0 Å². The van der Waals surface area contributed by atoms with Crippen molar-refractivity contribution in [3.05, 3.63) is 30.5 Å². The number of aromatic nitrogens is 1. The predicted molar refractivity (Wildman–Crippen MR) is 76.8 cm³/mol. The van der Waals surface area contributed by atoms with E-state index >= 15 is 0 Å². The Balaban J connectivity index is 2.03. The third-order valence-electron chi connectivity index (χ3n) is 3.75. The minimum atomic E-state index is 0.877. The summed E-state index contributed by atoms with van der Waals surface area (Å²) < 4.78 is 0. The van der Waals surface area contributed by atoms with Crippen LogP contribution in [0.2, 0.25) is 0 Å². The van der Waals surface area contributed by atoms with Gasteiger partial charge < -0.3 is 10.6 Å². The molecule has 1 aliphatic heterocycles. The van der Waals surface area contributed by atoms with Crippen LogP contribution in [0.4, 0.5) is 11.4 Å². The molecule has 0 saturated carbocycles. The summed E-state index contributed by atoms with van der Waals surface area (Å²) in [6, 6.07) is 8.20. The Morgan fingerprint density at radius 1 is 1.00 bits per heavy atom. The van der Waals surface area contributed by atoms with E-state index in [-0.39, 0.29) is 0 Å². The summed E-state index contributed by atoms with van der Waals surface area (Å²) in [5, 5.41) is 1.07. The first-order valence-electron chi connectivity index (χ1n) is 6.74. The number of fused-ring (bicyclic) bond motifs is 1. The van der Waals surface area contributed by atoms with Gasteiger partial charge in [0.15, 0.2) is 0 Å². The number of hydrogen-bond acceptors (Lipinski definition) is 3. The molecular formula is C15H19N3. The Hall–Kier alpha value is -1.77. The zero-order valence-corrected chi connectivity index (χ0v) is 10.6. The van der Waals surface area contributed by atoms with Gasteiger partial charge in [-0.1, -0.05) is 12.8 Å². The van der Waals surface area contributed by atoms with Crippen molar-refractivity contribution in [3.8, 4) is 0 Å². The zero-order chi connectivity index (χ0) is 12.4. The standard InChI is InChI=1S/C15H19N3/c16-15-12-6-5-9-17-13(12)7-8-14(15)18-10-3-1-2-4-11-18/h5-9H,1-4,10-11,16H2. The molecule has 0 spiro atoms. The molecule has 2 heterocycles. The molecule has 2 N–H and O–H groups in total. The molecule has 1 aliphatic rings. The highest BCUT2D eigenvalue weighted by atomic mass is 15.1. The van der Waals surface area contributed by atoms with Gasteiger partial charge in [0, 0.05) is 24.7 Å². The molecule has 0 unspecified atom stereocenters. The van der Waals surface area contributed by atoms with E-state index in [9.17, 15) is 0 Å². The average molecular weight is 241 g/mol. The molecule has 3 nitrogen and oxygen atoms in total. The highest BCUT2D eigenvalue weighted by Crippen LogP contribution is 2.31. The van der Waals surface area contributed by atoms with E-state index in [2.05, 4.69) is 28.1 Å². The number of nitrogens with zero attached hydrogens (tertiary/aromatic N) is 2. The van der Waals surface area contributed by atoms with Crippen LogP contribution in [0.15, 0.2) is 30.5 Å². The van der Waals surface area contributed by atoms with Crippen LogP contribution in [-0.2, 0) is 0 Å². The molecular weight excluding hydrogens is 222 g/mol. The quantitative estimate of drug-likeness (QED) is 0.780. The highest BCUT2D eigenvalue weighted by molar-refractivity contribution is 5.97. The van der Waals surface area contributed by atoms with Crippen molar-refractivity contribution in [2.45, 2.75) is 25.7 Å². The third-order valence-corrected chi connectivity index (χ3v) is 3.75. The van der Waals surface area contributed by atoms with Gasteiger partial charge in [0.25, 0.3) is 0 Å². The number of nitrogens with two attached hydrogens (primary N) is 1. The number of rotatable bonds is 1. The average Bonchev–Trinajstić information content (AvgIpc) is 2.68. The van der Waals surface area contributed by atoms with Crippen LogP contribution < -0.4 is 10.6 Å². The Morgan fingerprint density at radius 2 is 1.78 bits per heavy atom. The fraction of sp³-hybridized carbons (Fsp3) is 0.400. The van der Waals surface area contributed by atoms with E-state index in [1.165, 1.54) is 31.4 Å². The lowest BCUT2D eigenvalue weighted by atomic mass is 10.1. The summed E-state index contributed by atoms with van der Waals surface area (Å²) >= 11 is 0.